The normalized spacial score (nSPS) is 12.5. The van der Waals surface area contributed by atoms with Crippen LogP contribution in [0.4, 0.5) is 18.3 Å². The first-order valence-electron chi connectivity index (χ1n) is 6.64. The SMILES string of the molecule is CN(C(=O)c1cc(C(C)(C)C)nn1C)c1nnc(C(F)(F)F)s1. The lowest BCUT2D eigenvalue weighted by atomic mass is 9.92. The average Bonchev–Trinajstić information content (AvgIpc) is 3.02. The number of carbonyl (C=O) groups is 1. The number of alkyl halides is 3. The number of rotatable bonds is 2. The topological polar surface area (TPSA) is 63.9 Å². The van der Waals surface area contributed by atoms with Crippen LogP contribution in [0.25, 0.3) is 0 Å². The third kappa shape index (κ3) is 3.52. The highest BCUT2D eigenvalue weighted by Gasteiger charge is 2.36. The van der Waals surface area contributed by atoms with E-state index in [0.717, 1.165) is 4.90 Å². The van der Waals surface area contributed by atoms with E-state index in [1.165, 1.54) is 11.7 Å². The highest BCUT2D eigenvalue weighted by atomic mass is 32.1. The molecule has 6 nitrogen and oxygen atoms in total. The van der Waals surface area contributed by atoms with Crippen molar-refractivity contribution in [1.29, 1.82) is 0 Å². The van der Waals surface area contributed by atoms with E-state index >= 15 is 0 Å². The Morgan fingerprint density at radius 2 is 1.87 bits per heavy atom. The molecule has 0 bridgehead atoms. The van der Waals surface area contributed by atoms with Crippen molar-refractivity contribution in [1.82, 2.24) is 20.0 Å². The van der Waals surface area contributed by atoms with E-state index < -0.39 is 17.1 Å². The summed E-state index contributed by atoms with van der Waals surface area (Å²) in [5.74, 6) is -0.500. The Morgan fingerprint density at radius 3 is 2.30 bits per heavy atom. The molecule has 126 valence electrons. The van der Waals surface area contributed by atoms with Gasteiger partial charge in [0.15, 0.2) is 0 Å². The maximum absolute atomic E-state index is 12.6. The average molecular weight is 347 g/mol. The molecule has 23 heavy (non-hydrogen) atoms. The third-order valence-electron chi connectivity index (χ3n) is 3.12. The Morgan fingerprint density at radius 1 is 1.26 bits per heavy atom. The fraction of sp³-hybridized carbons (Fsp3) is 0.538. The Labute approximate surface area is 134 Å². The van der Waals surface area contributed by atoms with Gasteiger partial charge in [0, 0.05) is 19.5 Å². The van der Waals surface area contributed by atoms with E-state index in [-0.39, 0.29) is 16.2 Å². The zero-order chi connectivity index (χ0) is 17.6. The standard InChI is InChI=1S/C13H16F3N5OS/c1-12(2,3)8-6-7(21(5)19-8)9(22)20(4)11-18-17-10(23-11)13(14,15)16/h6H,1-5H3. The molecular weight excluding hydrogens is 331 g/mol. The number of halogens is 3. The summed E-state index contributed by atoms with van der Waals surface area (Å²) in [4.78, 5) is 13.5. The molecular formula is C13H16F3N5OS. The summed E-state index contributed by atoms with van der Waals surface area (Å²) in [6.07, 6.45) is -4.58. The van der Waals surface area contributed by atoms with Gasteiger partial charge in [-0.1, -0.05) is 32.1 Å². The van der Waals surface area contributed by atoms with Crippen molar-refractivity contribution in [3.63, 3.8) is 0 Å². The number of carbonyl (C=O) groups excluding carboxylic acids is 1. The Bertz CT molecular complexity index is 729. The number of nitrogens with zero attached hydrogens (tertiary/aromatic N) is 5. The van der Waals surface area contributed by atoms with Gasteiger partial charge < -0.3 is 0 Å². The lowest BCUT2D eigenvalue weighted by molar-refractivity contribution is -0.138. The predicted molar refractivity (Wildman–Crippen MR) is 79.6 cm³/mol. The highest BCUT2D eigenvalue weighted by Crippen LogP contribution is 2.34. The van der Waals surface area contributed by atoms with E-state index in [1.54, 1.807) is 13.1 Å². The summed E-state index contributed by atoms with van der Waals surface area (Å²) in [5, 5.41) is 9.58. The second-order valence-electron chi connectivity index (χ2n) is 6.04. The number of aromatic nitrogens is 4. The van der Waals surface area contributed by atoms with Crippen molar-refractivity contribution in [3.05, 3.63) is 22.5 Å². The molecule has 0 aliphatic rings. The van der Waals surface area contributed by atoms with Crippen LogP contribution >= 0.6 is 11.3 Å². The molecule has 0 atom stereocenters. The molecule has 0 spiro atoms. The quantitative estimate of drug-likeness (QED) is 0.838. The maximum Gasteiger partial charge on any atom is 0.445 e. The number of amides is 1. The molecule has 2 heterocycles. The molecule has 0 saturated heterocycles. The van der Waals surface area contributed by atoms with Crippen LogP contribution in [-0.2, 0) is 18.6 Å². The second kappa shape index (κ2) is 5.59. The van der Waals surface area contributed by atoms with Crippen molar-refractivity contribution in [2.75, 3.05) is 11.9 Å². The van der Waals surface area contributed by atoms with E-state index in [1.807, 2.05) is 20.8 Å². The largest absolute Gasteiger partial charge is 0.445 e. The monoisotopic (exact) mass is 347 g/mol. The van der Waals surface area contributed by atoms with E-state index in [9.17, 15) is 18.0 Å². The van der Waals surface area contributed by atoms with E-state index in [0.29, 0.717) is 17.0 Å². The first-order chi connectivity index (χ1) is 10.4. The highest BCUT2D eigenvalue weighted by molar-refractivity contribution is 7.15. The molecule has 0 aliphatic carbocycles. The lowest BCUT2D eigenvalue weighted by Crippen LogP contribution is -2.28. The van der Waals surface area contributed by atoms with Gasteiger partial charge >= 0.3 is 6.18 Å². The molecule has 2 rings (SSSR count). The van der Waals surface area contributed by atoms with Gasteiger partial charge in [0.05, 0.1) is 5.69 Å². The molecule has 0 aromatic carbocycles. The summed E-state index contributed by atoms with van der Waals surface area (Å²) in [5.41, 5.74) is 0.729. The lowest BCUT2D eigenvalue weighted by Gasteiger charge is -2.14. The zero-order valence-electron chi connectivity index (χ0n) is 13.3. The summed E-state index contributed by atoms with van der Waals surface area (Å²) < 4.78 is 39.1. The van der Waals surface area contributed by atoms with Crippen LogP contribution in [0.2, 0.25) is 0 Å². The molecule has 0 radical (unpaired) electrons. The third-order valence-corrected chi connectivity index (χ3v) is 4.16. The van der Waals surface area contributed by atoms with Gasteiger partial charge in [-0.15, -0.1) is 10.2 Å². The smallest absolute Gasteiger partial charge is 0.284 e. The number of anilines is 1. The molecule has 0 N–H and O–H groups in total. The number of hydrogen-bond donors (Lipinski definition) is 0. The van der Waals surface area contributed by atoms with E-state index in [2.05, 4.69) is 15.3 Å². The van der Waals surface area contributed by atoms with Gasteiger partial charge in [0.1, 0.15) is 5.69 Å². The van der Waals surface area contributed by atoms with Gasteiger partial charge in [0.25, 0.3) is 5.91 Å². The fourth-order valence-corrected chi connectivity index (χ4v) is 2.43. The number of hydrogen-bond acceptors (Lipinski definition) is 5. The Balaban J connectivity index is 2.30. The minimum Gasteiger partial charge on any atom is -0.284 e. The van der Waals surface area contributed by atoms with Crippen molar-refractivity contribution in [2.24, 2.45) is 7.05 Å². The second-order valence-corrected chi connectivity index (χ2v) is 7.00. The van der Waals surface area contributed by atoms with Crippen LogP contribution in [0.15, 0.2) is 6.07 Å². The van der Waals surface area contributed by atoms with Crippen LogP contribution < -0.4 is 4.90 Å². The molecule has 0 unspecified atom stereocenters. The minimum atomic E-state index is -4.58. The minimum absolute atomic E-state index is 0.124. The zero-order valence-corrected chi connectivity index (χ0v) is 14.1. The van der Waals surface area contributed by atoms with Crippen molar-refractivity contribution < 1.29 is 18.0 Å². The van der Waals surface area contributed by atoms with Gasteiger partial charge in [-0.05, 0) is 6.07 Å². The van der Waals surface area contributed by atoms with Crippen molar-refractivity contribution in [3.8, 4) is 0 Å². The first-order valence-corrected chi connectivity index (χ1v) is 7.46. The van der Waals surface area contributed by atoms with Crippen LogP contribution in [0.3, 0.4) is 0 Å². The Hall–Kier alpha value is -1.97. The fourth-order valence-electron chi connectivity index (χ4n) is 1.76. The van der Waals surface area contributed by atoms with Gasteiger partial charge in [-0.2, -0.15) is 18.3 Å². The van der Waals surface area contributed by atoms with Gasteiger partial charge in [-0.3, -0.25) is 14.4 Å². The summed E-state index contributed by atoms with van der Waals surface area (Å²) in [6, 6.07) is 1.63. The van der Waals surface area contributed by atoms with E-state index in [4.69, 9.17) is 0 Å². The van der Waals surface area contributed by atoms with Crippen LogP contribution in [0.5, 0.6) is 0 Å². The summed E-state index contributed by atoms with van der Waals surface area (Å²) >= 11 is 0.317. The molecule has 0 saturated carbocycles. The molecule has 0 aliphatic heterocycles. The molecule has 2 aromatic rings. The van der Waals surface area contributed by atoms with Crippen LogP contribution in [0.1, 0.15) is 42.0 Å². The predicted octanol–water partition coefficient (Wildman–Crippen LogP) is 2.86. The van der Waals surface area contributed by atoms with Crippen LogP contribution in [0, 0.1) is 0 Å². The van der Waals surface area contributed by atoms with Gasteiger partial charge in [0.2, 0.25) is 10.1 Å². The molecule has 10 heteroatoms. The molecule has 2 aromatic heterocycles. The first kappa shape index (κ1) is 17.4. The van der Waals surface area contributed by atoms with Crippen molar-refractivity contribution in [2.45, 2.75) is 32.4 Å². The Kier molecular flexibility index (Phi) is 4.22. The number of aryl methyl sites for hydroxylation is 1. The van der Waals surface area contributed by atoms with Crippen LogP contribution in [-0.4, -0.2) is 32.9 Å². The molecule has 1 amide bonds. The molecule has 0 fully saturated rings. The summed E-state index contributed by atoms with van der Waals surface area (Å²) in [7, 11) is 2.96. The van der Waals surface area contributed by atoms with Crippen molar-refractivity contribution >= 4 is 22.4 Å². The van der Waals surface area contributed by atoms with Gasteiger partial charge in [-0.25, -0.2) is 0 Å². The summed E-state index contributed by atoms with van der Waals surface area (Å²) in [6.45, 7) is 5.86. The maximum atomic E-state index is 12.6.